The van der Waals surface area contributed by atoms with Crippen molar-refractivity contribution in [1.82, 2.24) is 15.0 Å². The molecule has 8 nitrogen and oxygen atoms in total. The Morgan fingerprint density at radius 3 is 2.54 bits per heavy atom. The maximum Gasteiger partial charge on any atom is 0.416 e. The fourth-order valence-corrected chi connectivity index (χ4v) is 5.94. The Morgan fingerprint density at radius 1 is 1.08 bits per heavy atom. The van der Waals surface area contributed by atoms with E-state index in [2.05, 4.69) is 20.3 Å². The Labute approximate surface area is 225 Å². The van der Waals surface area contributed by atoms with E-state index in [4.69, 9.17) is 10.5 Å². The number of aromatic nitrogens is 3. The maximum atomic E-state index is 13.7. The van der Waals surface area contributed by atoms with E-state index < -0.39 is 23.1 Å². The number of fused-ring (bicyclic) bond motifs is 1. The zero-order valence-electron chi connectivity index (χ0n) is 20.8. The lowest BCUT2D eigenvalue weighted by atomic mass is 9.67. The van der Waals surface area contributed by atoms with Crippen molar-refractivity contribution in [3.8, 4) is 22.9 Å². The first-order valence-electron chi connectivity index (χ1n) is 12.3. The highest BCUT2D eigenvalue weighted by atomic mass is 32.1. The molecule has 2 aromatic heterocycles. The molecule has 1 aliphatic rings. The maximum absolute atomic E-state index is 13.7. The van der Waals surface area contributed by atoms with Crippen molar-refractivity contribution in [2.75, 3.05) is 5.32 Å². The molecule has 3 N–H and O–H groups in total. The summed E-state index contributed by atoms with van der Waals surface area (Å²) in [5, 5.41) is 3.06. The van der Waals surface area contributed by atoms with E-state index in [1.54, 1.807) is 12.1 Å². The predicted octanol–water partition coefficient (Wildman–Crippen LogP) is 6.21. The number of carbonyl (C=O) groups is 2. The third-order valence-electron chi connectivity index (χ3n) is 6.84. The molecule has 2 heterocycles. The number of hydrogen-bond acceptors (Lipinski definition) is 7. The Kier molecular flexibility index (Phi) is 6.98. The van der Waals surface area contributed by atoms with Crippen molar-refractivity contribution < 1.29 is 27.5 Å². The van der Waals surface area contributed by atoms with Gasteiger partial charge in [0.2, 0.25) is 17.7 Å². The minimum Gasteiger partial charge on any atom is -0.437 e. The van der Waals surface area contributed by atoms with Gasteiger partial charge in [-0.25, -0.2) is 15.0 Å². The minimum absolute atomic E-state index is 0.129. The average Bonchev–Trinajstić information content (AvgIpc) is 3.31. The van der Waals surface area contributed by atoms with Gasteiger partial charge in [-0.15, -0.1) is 0 Å². The number of alkyl halides is 3. The summed E-state index contributed by atoms with van der Waals surface area (Å²) in [7, 11) is 0. The summed E-state index contributed by atoms with van der Waals surface area (Å²) >= 11 is 1.28. The van der Waals surface area contributed by atoms with Gasteiger partial charge in [-0.2, -0.15) is 13.2 Å². The number of nitrogens with two attached hydrogens (primary N) is 1. The Balaban J connectivity index is 1.58. The van der Waals surface area contributed by atoms with Gasteiger partial charge in [-0.1, -0.05) is 42.7 Å². The fourth-order valence-electron chi connectivity index (χ4n) is 5.01. The van der Waals surface area contributed by atoms with Crippen LogP contribution in [-0.2, 0) is 21.2 Å². The number of hydrogen-bond donors (Lipinski definition) is 2. The van der Waals surface area contributed by atoms with Crippen LogP contribution in [0.4, 0.5) is 18.3 Å². The van der Waals surface area contributed by atoms with E-state index >= 15 is 0 Å². The van der Waals surface area contributed by atoms with E-state index in [0.29, 0.717) is 53.3 Å². The molecule has 4 aromatic rings. The summed E-state index contributed by atoms with van der Waals surface area (Å²) in [6, 6.07) is 10.1. The molecule has 0 radical (unpaired) electrons. The number of rotatable bonds is 6. The number of para-hydroxylation sites is 1. The third-order valence-corrected chi connectivity index (χ3v) is 7.77. The van der Waals surface area contributed by atoms with Crippen LogP contribution in [-0.4, -0.2) is 26.8 Å². The number of anilines is 1. The number of primary amides is 1. The van der Waals surface area contributed by atoms with Crippen LogP contribution in [0.1, 0.15) is 50.2 Å². The van der Waals surface area contributed by atoms with Crippen LogP contribution in [0.2, 0.25) is 0 Å². The van der Waals surface area contributed by atoms with Gasteiger partial charge >= 0.3 is 6.18 Å². The van der Waals surface area contributed by atoms with Gasteiger partial charge in [-0.3, -0.25) is 9.59 Å². The van der Waals surface area contributed by atoms with E-state index in [0.717, 1.165) is 23.3 Å². The molecular formula is C27H24F3N5O3S. The highest BCUT2D eigenvalue weighted by Gasteiger charge is 2.43. The van der Waals surface area contributed by atoms with E-state index in [-0.39, 0.29) is 17.4 Å². The first kappa shape index (κ1) is 26.5. The van der Waals surface area contributed by atoms with Gasteiger partial charge in [0.1, 0.15) is 11.8 Å². The number of carbonyl (C=O) groups excluding carboxylic acids is 2. The number of amides is 2. The zero-order valence-corrected chi connectivity index (χ0v) is 21.7. The summed E-state index contributed by atoms with van der Waals surface area (Å²) < 4.78 is 47.9. The molecule has 1 saturated carbocycles. The third kappa shape index (κ3) is 5.29. The van der Waals surface area contributed by atoms with Gasteiger partial charge in [0.05, 0.1) is 21.4 Å². The van der Waals surface area contributed by atoms with E-state index in [1.165, 1.54) is 36.7 Å². The molecule has 0 bridgehead atoms. The van der Waals surface area contributed by atoms with Gasteiger partial charge in [-0.05, 0) is 42.7 Å². The van der Waals surface area contributed by atoms with Gasteiger partial charge < -0.3 is 15.8 Å². The van der Waals surface area contributed by atoms with Gasteiger partial charge in [0.15, 0.2) is 10.9 Å². The number of benzene rings is 2. The monoisotopic (exact) mass is 555 g/mol. The minimum atomic E-state index is -4.59. The first-order chi connectivity index (χ1) is 18.6. The molecule has 0 spiro atoms. The predicted molar refractivity (Wildman–Crippen MR) is 140 cm³/mol. The molecule has 0 atom stereocenters. The lowest BCUT2D eigenvalue weighted by Gasteiger charge is -2.36. The number of nitrogens with zero attached hydrogens (tertiary/aromatic N) is 3. The molecule has 39 heavy (non-hydrogen) atoms. The van der Waals surface area contributed by atoms with Crippen LogP contribution >= 0.6 is 11.3 Å². The number of nitrogens with one attached hydrogen (secondary N) is 1. The summed E-state index contributed by atoms with van der Waals surface area (Å²) in [5.74, 6) is -0.405. The van der Waals surface area contributed by atoms with Crippen molar-refractivity contribution >= 4 is 38.5 Å². The summed E-state index contributed by atoms with van der Waals surface area (Å²) in [6.07, 6.45) is -0.414. The second kappa shape index (κ2) is 10.3. The average molecular weight is 556 g/mol. The molecule has 0 saturated heterocycles. The van der Waals surface area contributed by atoms with E-state index in [9.17, 15) is 22.8 Å². The largest absolute Gasteiger partial charge is 0.437 e. The first-order valence-corrected chi connectivity index (χ1v) is 13.1. The molecule has 202 valence electrons. The van der Waals surface area contributed by atoms with Crippen molar-refractivity contribution in [2.45, 2.75) is 50.6 Å². The standard InChI is InChI=1S/C27H24F3N5O3S/c1-15(36)34-25-35-23-20(6-5-7-21(23)39-25)38-22-13-19(32-14-33-22)17-9-8-16(27(28,29)30)12-18(17)26(24(31)37)10-3-2-4-11-26/h5-9,12-14H,2-4,10-11H2,1H3,(H2,31,37)(H,34,35,36). The molecular weight excluding hydrogens is 531 g/mol. The Hall–Kier alpha value is -4.06. The van der Waals surface area contributed by atoms with Crippen LogP contribution in [0, 0.1) is 0 Å². The zero-order chi connectivity index (χ0) is 27.8. The molecule has 1 fully saturated rings. The van der Waals surface area contributed by atoms with Crippen LogP contribution in [0.5, 0.6) is 11.6 Å². The van der Waals surface area contributed by atoms with Gasteiger partial charge in [0.25, 0.3) is 0 Å². The molecule has 0 unspecified atom stereocenters. The van der Waals surface area contributed by atoms with Crippen molar-refractivity contribution in [2.24, 2.45) is 5.73 Å². The lowest BCUT2D eigenvalue weighted by Crippen LogP contribution is -2.43. The number of halogens is 3. The fraction of sp³-hybridized carbons (Fsp3) is 0.296. The highest BCUT2D eigenvalue weighted by Crippen LogP contribution is 2.45. The van der Waals surface area contributed by atoms with Gasteiger partial charge in [0, 0.05) is 18.6 Å². The van der Waals surface area contributed by atoms with Crippen LogP contribution in [0.15, 0.2) is 48.8 Å². The lowest BCUT2D eigenvalue weighted by molar-refractivity contribution is -0.138. The number of ether oxygens (including phenoxy) is 1. The number of thiazole rings is 1. The van der Waals surface area contributed by atoms with Crippen molar-refractivity contribution in [1.29, 1.82) is 0 Å². The Morgan fingerprint density at radius 2 is 1.85 bits per heavy atom. The second-order valence-corrected chi connectivity index (χ2v) is 10.4. The second-order valence-electron chi connectivity index (χ2n) is 9.41. The molecule has 0 aliphatic heterocycles. The van der Waals surface area contributed by atoms with Crippen molar-refractivity contribution in [3.05, 3.63) is 59.9 Å². The summed E-state index contributed by atoms with van der Waals surface area (Å²) in [6.45, 7) is 1.39. The van der Waals surface area contributed by atoms with Crippen LogP contribution in [0.25, 0.3) is 21.5 Å². The van der Waals surface area contributed by atoms with Crippen LogP contribution in [0.3, 0.4) is 0 Å². The van der Waals surface area contributed by atoms with Crippen LogP contribution < -0.4 is 15.8 Å². The SMILES string of the molecule is CC(=O)Nc1nc2c(Oc3cc(-c4ccc(C(F)(F)F)cc4C4(C(N)=O)CCCCC4)ncn3)cccc2s1. The summed E-state index contributed by atoms with van der Waals surface area (Å²) in [5.41, 5.74) is 5.11. The molecule has 5 rings (SSSR count). The smallest absolute Gasteiger partial charge is 0.416 e. The quantitative estimate of drug-likeness (QED) is 0.292. The highest BCUT2D eigenvalue weighted by molar-refractivity contribution is 7.22. The normalized spacial score (nSPS) is 15.2. The van der Waals surface area contributed by atoms with E-state index in [1.807, 2.05) is 6.07 Å². The summed E-state index contributed by atoms with van der Waals surface area (Å²) in [4.78, 5) is 37.1. The molecule has 2 aromatic carbocycles. The molecule has 1 aliphatic carbocycles. The molecule has 2 amide bonds. The Bertz CT molecular complexity index is 1560. The molecule has 12 heteroatoms. The topological polar surface area (TPSA) is 120 Å². The van der Waals surface area contributed by atoms with Crippen molar-refractivity contribution in [3.63, 3.8) is 0 Å².